The third-order valence-electron chi connectivity index (χ3n) is 3.56. The fourth-order valence-corrected chi connectivity index (χ4v) is 2.64. The van der Waals surface area contributed by atoms with E-state index in [-0.39, 0.29) is 5.91 Å². The average molecular weight is 260 g/mol. The minimum Gasteiger partial charge on any atom is -0.497 e. The van der Waals surface area contributed by atoms with Crippen molar-refractivity contribution in [2.45, 2.75) is 12.5 Å². The number of benzene rings is 1. The van der Waals surface area contributed by atoms with Gasteiger partial charge in [0.25, 0.3) is 5.91 Å². The Morgan fingerprint density at radius 2 is 2.37 bits per heavy atom. The number of hydrogen-bond donors (Lipinski definition) is 4. The maximum Gasteiger partial charge on any atom is 0.257 e. The van der Waals surface area contributed by atoms with Crippen LogP contribution in [0, 0.1) is 0 Å². The van der Waals surface area contributed by atoms with Gasteiger partial charge < -0.3 is 15.0 Å². The smallest absolute Gasteiger partial charge is 0.257 e. The summed E-state index contributed by atoms with van der Waals surface area (Å²) in [5, 5.41) is 4.26. The lowest BCUT2D eigenvalue weighted by Crippen LogP contribution is -2.44. The number of fused-ring (bicyclic) bond motifs is 3. The van der Waals surface area contributed by atoms with Gasteiger partial charge in [-0.05, 0) is 30.2 Å². The SMILES string of the molecule is COc1ccc2[nH]c3c(c2c1)CCNC3C(=O)NN. The number of aromatic nitrogens is 1. The topological polar surface area (TPSA) is 92.2 Å². The summed E-state index contributed by atoms with van der Waals surface area (Å²) in [6.07, 6.45) is 0.872. The highest BCUT2D eigenvalue weighted by Gasteiger charge is 2.28. The first-order chi connectivity index (χ1) is 9.24. The van der Waals surface area contributed by atoms with Crippen LogP contribution >= 0.6 is 0 Å². The molecule has 6 nitrogen and oxygen atoms in total. The van der Waals surface area contributed by atoms with Crippen molar-refractivity contribution < 1.29 is 9.53 Å². The Morgan fingerprint density at radius 1 is 1.53 bits per heavy atom. The number of carbonyl (C=O) groups excluding carboxylic acids is 1. The number of carbonyl (C=O) groups is 1. The van der Waals surface area contributed by atoms with Gasteiger partial charge in [-0.3, -0.25) is 10.2 Å². The zero-order valence-corrected chi connectivity index (χ0v) is 10.6. The Balaban J connectivity index is 2.15. The predicted molar refractivity (Wildman–Crippen MR) is 71.6 cm³/mol. The van der Waals surface area contributed by atoms with Gasteiger partial charge in [0.05, 0.1) is 7.11 Å². The first-order valence-corrected chi connectivity index (χ1v) is 6.17. The van der Waals surface area contributed by atoms with Crippen molar-refractivity contribution in [1.29, 1.82) is 0 Å². The fraction of sp³-hybridized carbons (Fsp3) is 0.308. The second kappa shape index (κ2) is 4.56. The molecule has 0 saturated heterocycles. The maximum atomic E-state index is 11.8. The molecular formula is C13H16N4O2. The first kappa shape index (κ1) is 12.0. The Bertz CT molecular complexity index is 635. The van der Waals surface area contributed by atoms with Crippen molar-refractivity contribution in [1.82, 2.24) is 15.7 Å². The molecular weight excluding hydrogens is 244 g/mol. The molecule has 0 aliphatic carbocycles. The third kappa shape index (κ3) is 1.85. The van der Waals surface area contributed by atoms with Crippen LogP contribution in [0.15, 0.2) is 18.2 Å². The first-order valence-electron chi connectivity index (χ1n) is 6.17. The molecule has 1 aliphatic heterocycles. The largest absolute Gasteiger partial charge is 0.497 e. The standard InChI is InChI=1S/C13H16N4O2/c1-19-7-2-3-10-9(6-7)8-4-5-15-12(11(8)16-10)13(18)17-14/h2-3,6,12,15-16H,4-5,14H2,1H3,(H,17,18). The van der Waals surface area contributed by atoms with Crippen molar-refractivity contribution in [3.8, 4) is 5.75 Å². The summed E-state index contributed by atoms with van der Waals surface area (Å²) in [6, 6.07) is 5.43. The van der Waals surface area contributed by atoms with Gasteiger partial charge in [-0.15, -0.1) is 0 Å². The number of methoxy groups -OCH3 is 1. The molecule has 2 aromatic rings. The van der Waals surface area contributed by atoms with Crippen LogP contribution in [0.5, 0.6) is 5.75 Å². The lowest BCUT2D eigenvalue weighted by Gasteiger charge is -2.22. The Morgan fingerprint density at radius 3 is 3.11 bits per heavy atom. The van der Waals surface area contributed by atoms with Gasteiger partial charge in [0.2, 0.25) is 0 Å². The summed E-state index contributed by atoms with van der Waals surface area (Å²) < 4.78 is 5.25. The normalized spacial score (nSPS) is 18.1. The summed E-state index contributed by atoms with van der Waals surface area (Å²) in [6.45, 7) is 0.745. The molecule has 100 valence electrons. The molecule has 2 heterocycles. The predicted octanol–water partition coefficient (Wildman–Crippen LogP) is 0.353. The van der Waals surface area contributed by atoms with Crippen LogP contribution < -0.4 is 21.3 Å². The molecule has 0 bridgehead atoms. The maximum absolute atomic E-state index is 11.8. The molecule has 0 saturated carbocycles. The minimum absolute atomic E-state index is 0.237. The van der Waals surface area contributed by atoms with Gasteiger partial charge >= 0.3 is 0 Å². The van der Waals surface area contributed by atoms with E-state index in [1.807, 2.05) is 18.2 Å². The third-order valence-corrected chi connectivity index (χ3v) is 3.56. The van der Waals surface area contributed by atoms with Gasteiger partial charge in [-0.2, -0.15) is 0 Å². The highest BCUT2D eigenvalue weighted by molar-refractivity contribution is 5.90. The number of aromatic amines is 1. The van der Waals surface area contributed by atoms with Gasteiger partial charge in [0.1, 0.15) is 11.8 Å². The Kier molecular flexibility index (Phi) is 2.88. The second-order valence-electron chi connectivity index (χ2n) is 4.57. The molecule has 1 aliphatic rings. The monoisotopic (exact) mass is 260 g/mol. The Hall–Kier alpha value is -2.05. The van der Waals surface area contributed by atoms with Crippen LogP contribution in [-0.2, 0) is 11.2 Å². The van der Waals surface area contributed by atoms with E-state index in [9.17, 15) is 4.79 Å². The van der Waals surface area contributed by atoms with E-state index in [0.717, 1.165) is 40.9 Å². The molecule has 3 rings (SSSR count). The van der Waals surface area contributed by atoms with Crippen LogP contribution in [0.25, 0.3) is 10.9 Å². The molecule has 5 N–H and O–H groups in total. The lowest BCUT2D eigenvalue weighted by atomic mass is 9.99. The van der Waals surface area contributed by atoms with E-state index >= 15 is 0 Å². The summed E-state index contributed by atoms with van der Waals surface area (Å²) in [7, 11) is 1.65. The molecule has 1 aromatic carbocycles. The van der Waals surface area contributed by atoms with E-state index in [1.54, 1.807) is 7.11 Å². The fourth-order valence-electron chi connectivity index (χ4n) is 2.64. The van der Waals surface area contributed by atoms with E-state index in [0.29, 0.717) is 0 Å². The highest BCUT2D eigenvalue weighted by Crippen LogP contribution is 2.32. The Labute approximate surface area is 110 Å². The summed E-state index contributed by atoms with van der Waals surface area (Å²) in [5.41, 5.74) is 5.24. The van der Waals surface area contributed by atoms with Crippen LogP contribution in [0.4, 0.5) is 0 Å². The molecule has 0 fully saturated rings. The summed E-state index contributed by atoms with van der Waals surface area (Å²) in [4.78, 5) is 15.1. The number of hydrazine groups is 1. The van der Waals surface area contributed by atoms with E-state index in [4.69, 9.17) is 10.6 Å². The zero-order chi connectivity index (χ0) is 13.4. The molecule has 1 aromatic heterocycles. The molecule has 1 unspecified atom stereocenters. The molecule has 19 heavy (non-hydrogen) atoms. The number of nitrogens with two attached hydrogens (primary N) is 1. The average Bonchev–Trinajstić information content (AvgIpc) is 2.83. The van der Waals surface area contributed by atoms with Crippen LogP contribution in [-0.4, -0.2) is 24.5 Å². The van der Waals surface area contributed by atoms with Crippen molar-refractivity contribution in [2.75, 3.05) is 13.7 Å². The molecule has 0 radical (unpaired) electrons. The number of rotatable bonds is 2. The van der Waals surface area contributed by atoms with Gasteiger partial charge in [-0.1, -0.05) is 0 Å². The van der Waals surface area contributed by atoms with Gasteiger partial charge in [-0.25, -0.2) is 5.84 Å². The molecule has 6 heteroatoms. The van der Waals surface area contributed by atoms with Crippen molar-refractivity contribution in [3.63, 3.8) is 0 Å². The van der Waals surface area contributed by atoms with Crippen molar-refractivity contribution >= 4 is 16.8 Å². The summed E-state index contributed by atoms with van der Waals surface area (Å²) >= 11 is 0. The molecule has 0 spiro atoms. The van der Waals surface area contributed by atoms with Gasteiger partial charge in [0.15, 0.2) is 0 Å². The number of amides is 1. The van der Waals surface area contributed by atoms with E-state index in [1.165, 1.54) is 0 Å². The quantitative estimate of drug-likeness (QED) is 0.356. The molecule has 1 amide bonds. The van der Waals surface area contributed by atoms with Crippen LogP contribution in [0.2, 0.25) is 0 Å². The zero-order valence-electron chi connectivity index (χ0n) is 10.6. The number of H-pyrrole nitrogens is 1. The number of hydrogen-bond acceptors (Lipinski definition) is 4. The van der Waals surface area contributed by atoms with E-state index in [2.05, 4.69) is 15.7 Å². The number of ether oxygens (including phenoxy) is 1. The lowest BCUT2D eigenvalue weighted by molar-refractivity contribution is -0.123. The highest BCUT2D eigenvalue weighted by atomic mass is 16.5. The van der Waals surface area contributed by atoms with Gasteiger partial charge in [0, 0.05) is 23.1 Å². The molecule has 1 atom stereocenters. The van der Waals surface area contributed by atoms with Crippen LogP contribution in [0.3, 0.4) is 0 Å². The second-order valence-corrected chi connectivity index (χ2v) is 4.57. The van der Waals surface area contributed by atoms with Crippen molar-refractivity contribution in [2.24, 2.45) is 5.84 Å². The summed E-state index contributed by atoms with van der Waals surface area (Å²) in [5.74, 6) is 5.80. The number of nitrogens with one attached hydrogen (secondary N) is 3. The van der Waals surface area contributed by atoms with E-state index < -0.39 is 6.04 Å². The van der Waals surface area contributed by atoms with Crippen molar-refractivity contribution in [3.05, 3.63) is 29.5 Å². The minimum atomic E-state index is -0.424. The van der Waals surface area contributed by atoms with Crippen LogP contribution in [0.1, 0.15) is 17.3 Å².